The van der Waals surface area contributed by atoms with E-state index >= 15 is 0 Å². The number of likely N-dealkylation sites (N-methyl/N-ethyl adjacent to an activating group) is 1. The number of alkyl halides is 3. The number of anilines is 1. The summed E-state index contributed by atoms with van der Waals surface area (Å²) in [6.45, 7) is 2.05. The van der Waals surface area contributed by atoms with Gasteiger partial charge in [-0.3, -0.25) is 4.79 Å². The van der Waals surface area contributed by atoms with Crippen LogP contribution in [-0.4, -0.2) is 30.5 Å². The Morgan fingerprint density at radius 2 is 2.15 bits per heavy atom. The molecule has 2 heterocycles. The Hall–Kier alpha value is -1.79. The van der Waals surface area contributed by atoms with Crippen molar-refractivity contribution in [3.8, 4) is 0 Å². The van der Waals surface area contributed by atoms with Crippen LogP contribution in [0.1, 0.15) is 24.1 Å². The number of hydrogen-bond donors (Lipinski definition) is 1. The van der Waals surface area contributed by atoms with Crippen LogP contribution in [0.4, 0.5) is 19.0 Å². The van der Waals surface area contributed by atoms with E-state index in [1.54, 1.807) is 4.90 Å². The van der Waals surface area contributed by atoms with Gasteiger partial charge in [-0.1, -0.05) is 0 Å². The fourth-order valence-electron chi connectivity index (χ4n) is 2.44. The Balaban J connectivity index is 2.37. The molecule has 1 fully saturated rings. The fourth-order valence-corrected chi connectivity index (χ4v) is 2.44. The highest BCUT2D eigenvalue weighted by Gasteiger charge is 2.35. The first kappa shape index (κ1) is 14.6. The molecule has 0 radical (unpaired) electrons. The number of aromatic nitrogens is 1. The molecule has 110 valence electrons. The maximum absolute atomic E-state index is 12.8. The van der Waals surface area contributed by atoms with E-state index in [2.05, 4.69) is 10.3 Å². The molecule has 0 saturated carbocycles. The van der Waals surface area contributed by atoms with Crippen LogP contribution in [0.5, 0.6) is 0 Å². The van der Waals surface area contributed by atoms with Gasteiger partial charge in [0.05, 0.1) is 5.56 Å². The SMILES string of the molecule is CNC(=O)C1CCCN1c1cc(C(F)(F)F)cc(C)n1. The van der Waals surface area contributed by atoms with Crippen LogP contribution in [-0.2, 0) is 11.0 Å². The minimum atomic E-state index is -4.41. The van der Waals surface area contributed by atoms with E-state index in [4.69, 9.17) is 0 Å². The third kappa shape index (κ3) is 2.86. The van der Waals surface area contributed by atoms with E-state index < -0.39 is 17.8 Å². The second kappa shape index (κ2) is 5.30. The second-order valence-corrected chi connectivity index (χ2v) is 4.82. The normalized spacial score (nSPS) is 19.2. The largest absolute Gasteiger partial charge is 0.416 e. The smallest absolute Gasteiger partial charge is 0.357 e. The maximum Gasteiger partial charge on any atom is 0.416 e. The molecule has 0 spiro atoms. The summed E-state index contributed by atoms with van der Waals surface area (Å²) in [5.41, 5.74) is -0.445. The molecule has 4 nitrogen and oxygen atoms in total. The lowest BCUT2D eigenvalue weighted by Crippen LogP contribution is -2.42. The zero-order valence-corrected chi connectivity index (χ0v) is 11.3. The lowest BCUT2D eigenvalue weighted by atomic mass is 10.2. The van der Waals surface area contributed by atoms with Gasteiger partial charge in [0.15, 0.2) is 0 Å². The molecule has 1 saturated heterocycles. The molecule has 0 aromatic carbocycles. The molecule has 2 rings (SSSR count). The second-order valence-electron chi connectivity index (χ2n) is 4.82. The number of pyridine rings is 1. The first-order valence-electron chi connectivity index (χ1n) is 6.37. The van der Waals surface area contributed by atoms with Gasteiger partial charge in [-0.2, -0.15) is 13.2 Å². The van der Waals surface area contributed by atoms with Crippen LogP contribution in [0.25, 0.3) is 0 Å². The van der Waals surface area contributed by atoms with Gasteiger partial charge in [-0.05, 0) is 31.9 Å². The standard InChI is InChI=1S/C13H16F3N3O/c1-8-6-9(13(14,15)16)7-11(18-8)19-5-3-4-10(19)12(20)17-2/h6-7,10H,3-5H2,1-2H3,(H,17,20). The van der Waals surface area contributed by atoms with Crippen molar-refractivity contribution >= 4 is 11.7 Å². The molecule has 1 unspecified atom stereocenters. The molecule has 1 N–H and O–H groups in total. The third-order valence-corrected chi connectivity index (χ3v) is 3.36. The molecule has 20 heavy (non-hydrogen) atoms. The van der Waals surface area contributed by atoms with Crippen LogP contribution in [0.2, 0.25) is 0 Å². The van der Waals surface area contributed by atoms with E-state index in [0.29, 0.717) is 13.0 Å². The van der Waals surface area contributed by atoms with E-state index in [9.17, 15) is 18.0 Å². The zero-order chi connectivity index (χ0) is 14.9. The predicted molar refractivity (Wildman–Crippen MR) is 68.4 cm³/mol. The average molecular weight is 287 g/mol. The molecular formula is C13H16F3N3O. The van der Waals surface area contributed by atoms with Gasteiger partial charge >= 0.3 is 6.18 Å². The summed E-state index contributed by atoms with van der Waals surface area (Å²) in [4.78, 5) is 17.5. The Labute approximate surface area is 115 Å². The third-order valence-electron chi connectivity index (χ3n) is 3.36. The summed E-state index contributed by atoms with van der Waals surface area (Å²) in [7, 11) is 1.52. The highest BCUT2D eigenvalue weighted by Crippen LogP contribution is 2.33. The predicted octanol–water partition coefficient (Wildman–Crippen LogP) is 2.12. The van der Waals surface area contributed by atoms with Gasteiger partial charge in [0, 0.05) is 19.3 Å². The maximum atomic E-state index is 12.8. The quantitative estimate of drug-likeness (QED) is 0.906. The van der Waals surface area contributed by atoms with Crippen LogP contribution in [0.3, 0.4) is 0 Å². The van der Waals surface area contributed by atoms with Crippen molar-refractivity contribution in [2.24, 2.45) is 0 Å². The van der Waals surface area contributed by atoms with Gasteiger partial charge in [0.1, 0.15) is 11.9 Å². The molecule has 1 aliphatic heterocycles. The van der Waals surface area contributed by atoms with Crippen LogP contribution in [0.15, 0.2) is 12.1 Å². The van der Waals surface area contributed by atoms with Crippen molar-refractivity contribution in [2.45, 2.75) is 32.0 Å². The summed E-state index contributed by atoms with van der Waals surface area (Å²) >= 11 is 0. The number of nitrogens with one attached hydrogen (secondary N) is 1. The van der Waals surface area contributed by atoms with E-state index in [1.807, 2.05) is 0 Å². The van der Waals surface area contributed by atoms with E-state index in [0.717, 1.165) is 18.6 Å². The minimum Gasteiger partial charge on any atom is -0.357 e. The van der Waals surface area contributed by atoms with Crippen molar-refractivity contribution in [3.05, 3.63) is 23.4 Å². The van der Waals surface area contributed by atoms with Gasteiger partial charge in [0.25, 0.3) is 0 Å². The van der Waals surface area contributed by atoms with E-state index in [1.165, 1.54) is 14.0 Å². The molecule has 1 aromatic heterocycles. The molecule has 1 aliphatic rings. The van der Waals surface area contributed by atoms with Crippen LogP contribution in [0, 0.1) is 6.92 Å². The molecule has 7 heteroatoms. The number of nitrogens with zero attached hydrogens (tertiary/aromatic N) is 2. The van der Waals surface area contributed by atoms with Crippen molar-refractivity contribution in [1.29, 1.82) is 0 Å². The lowest BCUT2D eigenvalue weighted by Gasteiger charge is -2.25. The molecular weight excluding hydrogens is 271 g/mol. The van der Waals surface area contributed by atoms with Crippen LogP contribution < -0.4 is 10.2 Å². The van der Waals surface area contributed by atoms with Crippen molar-refractivity contribution in [2.75, 3.05) is 18.5 Å². The van der Waals surface area contributed by atoms with Crippen molar-refractivity contribution < 1.29 is 18.0 Å². The summed E-state index contributed by atoms with van der Waals surface area (Å²) in [6.07, 6.45) is -3.03. The van der Waals surface area contributed by atoms with Gasteiger partial charge in [0.2, 0.25) is 5.91 Å². The summed E-state index contributed by atoms with van der Waals surface area (Å²) < 4.78 is 38.5. The Kier molecular flexibility index (Phi) is 3.87. The number of hydrogen-bond acceptors (Lipinski definition) is 3. The molecule has 1 aromatic rings. The average Bonchev–Trinajstić information content (AvgIpc) is 2.85. The molecule has 0 bridgehead atoms. The monoisotopic (exact) mass is 287 g/mol. The van der Waals surface area contributed by atoms with Crippen molar-refractivity contribution in [3.63, 3.8) is 0 Å². The molecule has 1 amide bonds. The first-order valence-corrected chi connectivity index (χ1v) is 6.37. The lowest BCUT2D eigenvalue weighted by molar-refractivity contribution is -0.137. The Morgan fingerprint density at radius 3 is 2.75 bits per heavy atom. The molecule has 1 atom stereocenters. The highest BCUT2D eigenvalue weighted by atomic mass is 19.4. The number of rotatable bonds is 2. The number of aryl methyl sites for hydroxylation is 1. The number of halogens is 3. The topological polar surface area (TPSA) is 45.2 Å². The minimum absolute atomic E-state index is 0.195. The number of amides is 1. The van der Waals surface area contributed by atoms with Crippen molar-refractivity contribution in [1.82, 2.24) is 10.3 Å². The number of carbonyl (C=O) groups is 1. The highest BCUT2D eigenvalue weighted by molar-refractivity contribution is 5.85. The zero-order valence-electron chi connectivity index (χ0n) is 11.3. The van der Waals surface area contributed by atoms with Gasteiger partial charge in [-0.15, -0.1) is 0 Å². The fraction of sp³-hybridized carbons (Fsp3) is 0.538. The van der Waals surface area contributed by atoms with Gasteiger partial charge in [-0.25, -0.2) is 4.98 Å². The van der Waals surface area contributed by atoms with E-state index in [-0.39, 0.29) is 17.4 Å². The Morgan fingerprint density at radius 1 is 1.45 bits per heavy atom. The van der Waals surface area contributed by atoms with Crippen LogP contribution >= 0.6 is 0 Å². The summed E-state index contributed by atoms with van der Waals surface area (Å²) in [5, 5.41) is 2.54. The Bertz CT molecular complexity index is 516. The van der Waals surface area contributed by atoms with Gasteiger partial charge < -0.3 is 10.2 Å². The number of carbonyl (C=O) groups excluding carboxylic acids is 1. The first-order chi connectivity index (χ1) is 9.32. The summed E-state index contributed by atoms with van der Waals surface area (Å²) in [6, 6.07) is 1.57. The molecule has 0 aliphatic carbocycles. The summed E-state index contributed by atoms with van der Waals surface area (Å²) in [5.74, 6) is 0.0165.